The topological polar surface area (TPSA) is 61.9 Å². The van der Waals surface area contributed by atoms with E-state index in [1.807, 2.05) is 53.9 Å². The molecule has 0 radical (unpaired) electrons. The zero-order chi connectivity index (χ0) is 23.4. The minimum absolute atomic E-state index is 0.144. The van der Waals surface area contributed by atoms with Crippen LogP contribution >= 0.6 is 22.9 Å². The summed E-state index contributed by atoms with van der Waals surface area (Å²) in [5.74, 6) is -0.607. The van der Waals surface area contributed by atoms with Gasteiger partial charge in [0.25, 0.3) is 0 Å². The Hall–Kier alpha value is -2.87. The average molecular weight is 484 g/mol. The van der Waals surface area contributed by atoms with Crippen LogP contribution in [0.4, 0.5) is 10.7 Å². The van der Waals surface area contributed by atoms with Crippen LogP contribution < -0.4 is 10.2 Å². The van der Waals surface area contributed by atoms with Gasteiger partial charge >= 0.3 is 5.97 Å². The van der Waals surface area contributed by atoms with Crippen molar-refractivity contribution in [1.82, 2.24) is 4.90 Å². The first-order chi connectivity index (χ1) is 16.0. The lowest BCUT2D eigenvalue weighted by Gasteiger charge is -2.36. The van der Waals surface area contributed by atoms with E-state index in [4.69, 9.17) is 16.3 Å². The highest BCUT2D eigenvalue weighted by atomic mass is 35.5. The fourth-order valence-electron chi connectivity index (χ4n) is 4.02. The second-order valence-corrected chi connectivity index (χ2v) is 9.27. The molecule has 1 fully saturated rings. The first-order valence-electron chi connectivity index (χ1n) is 10.7. The van der Waals surface area contributed by atoms with Crippen molar-refractivity contribution in [3.63, 3.8) is 0 Å². The number of rotatable bonds is 6. The van der Waals surface area contributed by atoms with Crippen molar-refractivity contribution in [2.24, 2.45) is 0 Å². The number of anilines is 2. The maximum atomic E-state index is 12.8. The molecule has 1 aromatic heterocycles. The lowest BCUT2D eigenvalue weighted by molar-refractivity contribution is -0.117. The van der Waals surface area contributed by atoms with Crippen molar-refractivity contribution in [3.05, 3.63) is 70.1 Å². The lowest BCUT2D eigenvalue weighted by Crippen LogP contribution is -2.48. The highest BCUT2D eigenvalue weighted by molar-refractivity contribution is 7.15. The summed E-state index contributed by atoms with van der Waals surface area (Å²) in [4.78, 5) is 29.7. The van der Waals surface area contributed by atoms with E-state index in [0.717, 1.165) is 48.0 Å². The molecular weight excluding hydrogens is 458 g/mol. The van der Waals surface area contributed by atoms with E-state index in [1.165, 1.54) is 24.0 Å². The third-order valence-electron chi connectivity index (χ3n) is 5.77. The van der Waals surface area contributed by atoms with Crippen LogP contribution in [-0.4, -0.2) is 56.6 Å². The Kier molecular flexibility index (Phi) is 7.33. The number of methoxy groups -OCH3 is 1. The second-order valence-electron chi connectivity index (χ2n) is 7.95. The van der Waals surface area contributed by atoms with E-state index < -0.39 is 5.97 Å². The van der Waals surface area contributed by atoms with Gasteiger partial charge in [0, 0.05) is 47.8 Å². The highest BCUT2D eigenvalue weighted by Gasteiger charge is 2.24. The second kappa shape index (κ2) is 10.4. The number of carbonyl (C=O) groups is 2. The summed E-state index contributed by atoms with van der Waals surface area (Å²) in [6, 6.07) is 15.5. The molecule has 1 aliphatic heterocycles. The molecule has 172 valence electrons. The van der Waals surface area contributed by atoms with Gasteiger partial charge in [-0.1, -0.05) is 48.0 Å². The van der Waals surface area contributed by atoms with Gasteiger partial charge in [-0.2, -0.15) is 0 Å². The molecule has 0 saturated carbocycles. The molecule has 3 aromatic rings. The summed E-state index contributed by atoms with van der Waals surface area (Å²) in [6.45, 7) is 5.51. The average Bonchev–Trinajstić information content (AvgIpc) is 3.24. The molecule has 1 aliphatic rings. The molecule has 4 rings (SSSR count). The Labute approximate surface area is 202 Å². The van der Waals surface area contributed by atoms with Gasteiger partial charge in [0.2, 0.25) is 5.91 Å². The zero-order valence-electron chi connectivity index (χ0n) is 18.6. The summed E-state index contributed by atoms with van der Waals surface area (Å²) >= 11 is 7.51. The summed E-state index contributed by atoms with van der Waals surface area (Å²) in [5, 5.41) is 6.05. The largest absolute Gasteiger partial charge is 0.465 e. The number of thiophene rings is 1. The number of piperazine rings is 1. The van der Waals surface area contributed by atoms with E-state index in [1.54, 1.807) is 0 Å². The Bertz CT molecular complexity index is 1140. The number of amides is 1. The van der Waals surface area contributed by atoms with Crippen molar-refractivity contribution in [2.45, 2.75) is 6.92 Å². The maximum absolute atomic E-state index is 12.8. The van der Waals surface area contributed by atoms with Crippen molar-refractivity contribution in [3.8, 4) is 11.1 Å². The standard InChI is InChI=1S/C25H26ClN3O3S/c1-17-8-9-19(26)14-21(17)29-12-10-28(11-13-29)15-22(30)27-24-23(25(31)32-2)20(16-33-24)18-6-4-3-5-7-18/h3-9,14,16H,10-13,15H2,1-2H3,(H,27,30). The molecule has 33 heavy (non-hydrogen) atoms. The summed E-state index contributed by atoms with van der Waals surface area (Å²) in [5.41, 5.74) is 4.38. The molecule has 1 saturated heterocycles. The highest BCUT2D eigenvalue weighted by Crippen LogP contribution is 2.36. The van der Waals surface area contributed by atoms with Crippen LogP contribution in [0.1, 0.15) is 15.9 Å². The van der Waals surface area contributed by atoms with Gasteiger partial charge in [0.05, 0.1) is 13.7 Å². The van der Waals surface area contributed by atoms with E-state index in [0.29, 0.717) is 10.6 Å². The number of carbonyl (C=O) groups excluding carboxylic acids is 2. The third kappa shape index (κ3) is 5.38. The smallest absolute Gasteiger partial charge is 0.341 e. The van der Waals surface area contributed by atoms with Gasteiger partial charge in [0.15, 0.2) is 0 Å². The molecule has 0 atom stereocenters. The number of hydrogen-bond acceptors (Lipinski definition) is 6. The van der Waals surface area contributed by atoms with Gasteiger partial charge in [-0.15, -0.1) is 11.3 Å². The van der Waals surface area contributed by atoms with Gasteiger partial charge in [-0.05, 0) is 30.2 Å². The van der Waals surface area contributed by atoms with Crippen LogP contribution in [0, 0.1) is 6.92 Å². The molecule has 0 bridgehead atoms. The van der Waals surface area contributed by atoms with Crippen molar-refractivity contribution in [1.29, 1.82) is 0 Å². The quantitative estimate of drug-likeness (QED) is 0.504. The number of aryl methyl sites for hydroxylation is 1. The fraction of sp³-hybridized carbons (Fsp3) is 0.280. The van der Waals surface area contributed by atoms with Crippen LogP contribution in [0.5, 0.6) is 0 Å². The number of nitrogens with zero attached hydrogens (tertiary/aromatic N) is 2. The normalized spacial score (nSPS) is 14.2. The van der Waals surface area contributed by atoms with Gasteiger partial charge < -0.3 is 15.0 Å². The molecule has 2 aromatic carbocycles. The lowest BCUT2D eigenvalue weighted by atomic mass is 10.0. The van der Waals surface area contributed by atoms with Crippen LogP contribution in [-0.2, 0) is 9.53 Å². The Morgan fingerprint density at radius 1 is 1.09 bits per heavy atom. The predicted molar refractivity (Wildman–Crippen MR) is 135 cm³/mol. The molecule has 1 N–H and O–H groups in total. The minimum Gasteiger partial charge on any atom is -0.465 e. The number of benzene rings is 2. The van der Waals surface area contributed by atoms with Crippen molar-refractivity contribution in [2.75, 3.05) is 50.1 Å². The molecule has 0 spiro atoms. The Morgan fingerprint density at radius 3 is 2.52 bits per heavy atom. The Balaban J connectivity index is 1.40. The monoisotopic (exact) mass is 483 g/mol. The number of nitrogens with one attached hydrogen (secondary N) is 1. The van der Waals surface area contributed by atoms with E-state index >= 15 is 0 Å². The van der Waals surface area contributed by atoms with E-state index in [9.17, 15) is 9.59 Å². The number of halogens is 1. The van der Waals surface area contributed by atoms with Gasteiger partial charge in [0.1, 0.15) is 10.6 Å². The Morgan fingerprint density at radius 2 is 1.82 bits per heavy atom. The van der Waals surface area contributed by atoms with Gasteiger partial charge in [-0.25, -0.2) is 4.79 Å². The summed E-state index contributed by atoms with van der Waals surface area (Å²) < 4.78 is 4.99. The minimum atomic E-state index is -0.462. The first-order valence-corrected chi connectivity index (χ1v) is 12.0. The zero-order valence-corrected chi connectivity index (χ0v) is 20.2. The van der Waals surface area contributed by atoms with Crippen LogP contribution in [0.3, 0.4) is 0 Å². The maximum Gasteiger partial charge on any atom is 0.341 e. The van der Waals surface area contributed by atoms with E-state index in [2.05, 4.69) is 22.0 Å². The van der Waals surface area contributed by atoms with Crippen LogP contribution in [0.2, 0.25) is 5.02 Å². The predicted octanol–water partition coefficient (Wildman–Crippen LogP) is 4.92. The summed E-state index contributed by atoms with van der Waals surface area (Å²) in [6.07, 6.45) is 0. The van der Waals surface area contributed by atoms with Crippen molar-refractivity contribution >= 4 is 45.5 Å². The first kappa shape index (κ1) is 23.3. The van der Waals surface area contributed by atoms with Crippen LogP contribution in [0.15, 0.2) is 53.9 Å². The molecule has 0 aliphatic carbocycles. The fourth-order valence-corrected chi connectivity index (χ4v) is 5.16. The van der Waals surface area contributed by atoms with Crippen LogP contribution in [0.25, 0.3) is 11.1 Å². The van der Waals surface area contributed by atoms with Crippen molar-refractivity contribution < 1.29 is 14.3 Å². The SMILES string of the molecule is COC(=O)c1c(-c2ccccc2)csc1NC(=O)CN1CCN(c2cc(Cl)ccc2C)CC1. The molecular formula is C25H26ClN3O3S. The third-order valence-corrected chi connectivity index (χ3v) is 6.90. The molecule has 0 unspecified atom stereocenters. The summed E-state index contributed by atoms with van der Waals surface area (Å²) in [7, 11) is 1.35. The molecule has 8 heteroatoms. The molecule has 2 heterocycles. The number of ether oxygens (including phenoxy) is 1. The number of esters is 1. The molecule has 6 nitrogen and oxygen atoms in total. The van der Waals surface area contributed by atoms with E-state index in [-0.39, 0.29) is 12.5 Å². The number of hydrogen-bond donors (Lipinski definition) is 1. The van der Waals surface area contributed by atoms with Gasteiger partial charge in [-0.3, -0.25) is 9.69 Å². The molecule has 1 amide bonds.